The van der Waals surface area contributed by atoms with Gasteiger partial charge in [-0.05, 0) is 54.2 Å². The van der Waals surface area contributed by atoms with Crippen molar-refractivity contribution in [1.82, 2.24) is 14.7 Å². The van der Waals surface area contributed by atoms with Crippen molar-refractivity contribution in [3.63, 3.8) is 0 Å². The van der Waals surface area contributed by atoms with Gasteiger partial charge in [-0.3, -0.25) is 14.4 Å². The van der Waals surface area contributed by atoms with E-state index in [1.165, 1.54) is 21.9 Å². The van der Waals surface area contributed by atoms with E-state index in [9.17, 15) is 18.8 Å². The molecule has 3 amide bonds. The normalized spacial score (nSPS) is 19.4. The van der Waals surface area contributed by atoms with Crippen molar-refractivity contribution in [1.29, 1.82) is 0 Å². The van der Waals surface area contributed by atoms with Gasteiger partial charge in [-0.25, -0.2) is 4.39 Å². The van der Waals surface area contributed by atoms with Crippen LogP contribution in [0.5, 0.6) is 0 Å². The molecular formula is C25H28FN3O3. The van der Waals surface area contributed by atoms with Crippen LogP contribution in [0.15, 0.2) is 48.5 Å². The second-order valence-electron chi connectivity index (χ2n) is 8.78. The predicted molar refractivity (Wildman–Crippen MR) is 118 cm³/mol. The minimum Gasteiger partial charge on any atom is -0.338 e. The van der Waals surface area contributed by atoms with Gasteiger partial charge in [-0.2, -0.15) is 0 Å². The van der Waals surface area contributed by atoms with Crippen LogP contribution in [-0.2, 0) is 22.7 Å². The quantitative estimate of drug-likeness (QED) is 0.676. The number of hydrogen-bond acceptors (Lipinski definition) is 3. The highest BCUT2D eigenvalue weighted by molar-refractivity contribution is 6.35. The SMILES string of the molecule is CC1CCCN(C(=O)c2ccc(CN3CCN(Cc4ccc(F)cc4)C(=O)C3=O)cc2)C1. The first kappa shape index (κ1) is 22.0. The molecule has 0 radical (unpaired) electrons. The van der Waals surface area contributed by atoms with E-state index in [0.717, 1.165) is 37.1 Å². The summed E-state index contributed by atoms with van der Waals surface area (Å²) in [6, 6.07) is 13.2. The second kappa shape index (κ2) is 9.51. The van der Waals surface area contributed by atoms with Crippen molar-refractivity contribution < 1.29 is 18.8 Å². The van der Waals surface area contributed by atoms with E-state index < -0.39 is 11.8 Å². The molecule has 6 nitrogen and oxygen atoms in total. The van der Waals surface area contributed by atoms with Crippen LogP contribution < -0.4 is 0 Å². The van der Waals surface area contributed by atoms with Gasteiger partial charge in [0.2, 0.25) is 0 Å². The Morgan fingerprint density at radius 1 is 0.875 bits per heavy atom. The Bertz CT molecular complexity index is 990. The highest BCUT2D eigenvalue weighted by Gasteiger charge is 2.32. The fourth-order valence-corrected chi connectivity index (χ4v) is 4.36. The van der Waals surface area contributed by atoms with Gasteiger partial charge in [-0.15, -0.1) is 0 Å². The summed E-state index contributed by atoms with van der Waals surface area (Å²) < 4.78 is 13.1. The third-order valence-electron chi connectivity index (χ3n) is 6.20. The van der Waals surface area contributed by atoms with Crippen molar-refractivity contribution in [3.8, 4) is 0 Å². The summed E-state index contributed by atoms with van der Waals surface area (Å²) in [5, 5.41) is 0. The van der Waals surface area contributed by atoms with Gasteiger partial charge in [-0.1, -0.05) is 31.2 Å². The first-order valence-electron chi connectivity index (χ1n) is 11.1. The number of piperazine rings is 1. The van der Waals surface area contributed by atoms with Crippen LogP contribution in [-0.4, -0.2) is 58.6 Å². The molecule has 0 spiro atoms. The van der Waals surface area contributed by atoms with Crippen LogP contribution in [0, 0.1) is 11.7 Å². The van der Waals surface area contributed by atoms with Crippen LogP contribution in [0.2, 0.25) is 0 Å². The van der Waals surface area contributed by atoms with E-state index in [1.54, 1.807) is 24.3 Å². The van der Waals surface area contributed by atoms with E-state index in [-0.39, 0.29) is 18.3 Å². The molecule has 0 bridgehead atoms. The second-order valence-corrected chi connectivity index (χ2v) is 8.78. The Kier molecular flexibility index (Phi) is 6.53. The molecule has 168 valence electrons. The van der Waals surface area contributed by atoms with E-state index in [1.807, 2.05) is 17.0 Å². The lowest BCUT2D eigenvalue weighted by atomic mass is 9.99. The van der Waals surface area contributed by atoms with Crippen molar-refractivity contribution in [2.24, 2.45) is 5.92 Å². The number of carbonyl (C=O) groups is 3. The zero-order chi connectivity index (χ0) is 22.7. The number of carbonyl (C=O) groups excluding carboxylic acids is 3. The molecular weight excluding hydrogens is 409 g/mol. The lowest BCUT2D eigenvalue weighted by Gasteiger charge is -2.34. The van der Waals surface area contributed by atoms with Crippen molar-refractivity contribution in [3.05, 3.63) is 71.0 Å². The zero-order valence-electron chi connectivity index (χ0n) is 18.3. The van der Waals surface area contributed by atoms with E-state index in [2.05, 4.69) is 6.92 Å². The van der Waals surface area contributed by atoms with Crippen LogP contribution in [0.3, 0.4) is 0 Å². The Morgan fingerprint density at radius 3 is 1.94 bits per heavy atom. The molecule has 32 heavy (non-hydrogen) atoms. The molecule has 2 fully saturated rings. The molecule has 0 aliphatic carbocycles. The molecule has 2 aromatic carbocycles. The van der Waals surface area contributed by atoms with Crippen LogP contribution in [0.1, 0.15) is 41.3 Å². The number of amides is 3. The minimum atomic E-state index is -0.549. The summed E-state index contributed by atoms with van der Waals surface area (Å²) in [5.74, 6) is -0.854. The maximum absolute atomic E-state index is 13.1. The standard InChI is InChI=1S/C25H28FN3O3/c1-18-3-2-12-27(15-18)23(30)21-8-4-19(5-9-21)16-28-13-14-29(25(32)24(28)31)17-20-6-10-22(26)11-7-20/h4-11,18H,2-3,12-17H2,1H3. The number of halogens is 1. The molecule has 1 atom stereocenters. The average Bonchev–Trinajstić information content (AvgIpc) is 2.80. The fourth-order valence-electron chi connectivity index (χ4n) is 4.36. The molecule has 2 aromatic rings. The molecule has 2 aliphatic rings. The third-order valence-corrected chi connectivity index (χ3v) is 6.20. The molecule has 0 aromatic heterocycles. The Morgan fingerprint density at radius 2 is 1.41 bits per heavy atom. The minimum absolute atomic E-state index is 0.0451. The molecule has 7 heteroatoms. The van der Waals surface area contributed by atoms with E-state index in [4.69, 9.17) is 0 Å². The maximum Gasteiger partial charge on any atom is 0.312 e. The number of rotatable bonds is 5. The van der Waals surface area contributed by atoms with Gasteiger partial charge < -0.3 is 14.7 Å². The van der Waals surface area contributed by atoms with Gasteiger partial charge >= 0.3 is 11.8 Å². The molecule has 2 saturated heterocycles. The zero-order valence-corrected chi connectivity index (χ0v) is 18.3. The Hall–Kier alpha value is -3.22. The summed E-state index contributed by atoms with van der Waals surface area (Å²) in [4.78, 5) is 42.8. The topological polar surface area (TPSA) is 60.9 Å². The average molecular weight is 438 g/mol. The lowest BCUT2D eigenvalue weighted by Crippen LogP contribution is -2.53. The molecule has 2 aliphatic heterocycles. The number of benzene rings is 2. The van der Waals surface area contributed by atoms with Gasteiger partial charge in [0.15, 0.2) is 0 Å². The summed E-state index contributed by atoms with van der Waals surface area (Å²) in [7, 11) is 0. The largest absolute Gasteiger partial charge is 0.338 e. The monoisotopic (exact) mass is 437 g/mol. The van der Waals surface area contributed by atoms with Gasteiger partial charge in [0.1, 0.15) is 5.82 Å². The predicted octanol–water partition coefficient (Wildman–Crippen LogP) is 3.07. The van der Waals surface area contributed by atoms with Crippen molar-refractivity contribution in [2.45, 2.75) is 32.9 Å². The number of hydrogen-bond donors (Lipinski definition) is 0. The van der Waals surface area contributed by atoms with Crippen molar-refractivity contribution in [2.75, 3.05) is 26.2 Å². The fraction of sp³-hybridized carbons (Fsp3) is 0.400. The first-order valence-corrected chi connectivity index (χ1v) is 11.1. The number of likely N-dealkylation sites (tertiary alicyclic amines) is 1. The third kappa shape index (κ3) is 4.98. The van der Waals surface area contributed by atoms with E-state index >= 15 is 0 Å². The molecule has 4 rings (SSSR count). The Balaban J connectivity index is 1.34. The summed E-state index contributed by atoms with van der Waals surface area (Å²) in [6.07, 6.45) is 2.20. The summed E-state index contributed by atoms with van der Waals surface area (Å²) in [6.45, 7) is 5.21. The number of nitrogens with zero attached hydrogens (tertiary/aromatic N) is 3. The molecule has 0 N–H and O–H groups in total. The van der Waals surface area contributed by atoms with E-state index in [0.29, 0.717) is 31.1 Å². The van der Waals surface area contributed by atoms with Gasteiger partial charge in [0, 0.05) is 44.8 Å². The smallest absolute Gasteiger partial charge is 0.312 e. The number of piperidine rings is 1. The summed E-state index contributed by atoms with van der Waals surface area (Å²) >= 11 is 0. The maximum atomic E-state index is 13.1. The highest BCUT2D eigenvalue weighted by Crippen LogP contribution is 2.19. The molecule has 0 saturated carbocycles. The lowest BCUT2D eigenvalue weighted by molar-refractivity contribution is -0.156. The van der Waals surface area contributed by atoms with Crippen LogP contribution >= 0.6 is 0 Å². The first-order chi connectivity index (χ1) is 15.4. The van der Waals surface area contributed by atoms with Crippen LogP contribution in [0.4, 0.5) is 4.39 Å². The van der Waals surface area contributed by atoms with Crippen LogP contribution in [0.25, 0.3) is 0 Å². The summed E-state index contributed by atoms with van der Waals surface area (Å²) in [5.41, 5.74) is 2.31. The van der Waals surface area contributed by atoms with Crippen molar-refractivity contribution >= 4 is 17.7 Å². The van der Waals surface area contributed by atoms with Gasteiger partial charge in [0.05, 0.1) is 0 Å². The highest BCUT2D eigenvalue weighted by atomic mass is 19.1. The van der Waals surface area contributed by atoms with Gasteiger partial charge in [0.25, 0.3) is 5.91 Å². The molecule has 1 unspecified atom stereocenters. The Labute approximate surface area is 187 Å². The molecule has 2 heterocycles.